The summed E-state index contributed by atoms with van der Waals surface area (Å²) in [6, 6.07) is 9.73. The second-order valence-corrected chi connectivity index (χ2v) is 8.21. The second kappa shape index (κ2) is 7.50. The largest absolute Gasteiger partial charge is 0.480 e. The molecule has 0 bridgehead atoms. The van der Waals surface area contributed by atoms with Crippen molar-refractivity contribution >= 4 is 29.2 Å². The van der Waals surface area contributed by atoms with E-state index < -0.39 is 52.7 Å². The quantitative estimate of drug-likeness (QED) is 0.360. The molecule has 2 fully saturated rings. The van der Waals surface area contributed by atoms with Crippen molar-refractivity contribution in [2.24, 2.45) is 11.8 Å². The van der Waals surface area contributed by atoms with Crippen LogP contribution in [0.1, 0.15) is 22.7 Å². The monoisotopic (exact) mass is 439 g/mol. The van der Waals surface area contributed by atoms with E-state index in [1.165, 1.54) is 18.2 Å². The van der Waals surface area contributed by atoms with E-state index in [2.05, 4.69) is 5.32 Å². The summed E-state index contributed by atoms with van der Waals surface area (Å²) < 4.78 is 0. The minimum absolute atomic E-state index is 0.0134. The zero-order valence-electron chi connectivity index (χ0n) is 17.3. The number of carbonyl (C=O) groups is 3. The number of nitrogens with zero attached hydrogens (tertiary/aromatic N) is 2. The Kier molecular flexibility index (Phi) is 5.06. The Morgan fingerprint density at radius 3 is 2.53 bits per heavy atom. The Morgan fingerprint density at radius 1 is 1.19 bits per heavy atom. The average Bonchev–Trinajstić information content (AvgIpc) is 3.24. The number of non-ortho nitro benzene ring substituents is 1. The van der Waals surface area contributed by atoms with E-state index in [9.17, 15) is 34.7 Å². The topological polar surface area (TPSA) is 150 Å². The van der Waals surface area contributed by atoms with E-state index in [1.54, 1.807) is 0 Å². The van der Waals surface area contributed by atoms with Gasteiger partial charge in [0.15, 0.2) is 5.54 Å². The number of hydrogen-bond donors (Lipinski definition) is 3. The molecule has 10 nitrogen and oxygen atoms in total. The van der Waals surface area contributed by atoms with Crippen LogP contribution in [0.25, 0.3) is 0 Å². The van der Waals surface area contributed by atoms with Crippen LogP contribution in [0, 0.1) is 35.8 Å². The van der Waals surface area contributed by atoms with E-state index in [-0.39, 0.29) is 11.4 Å². The molecule has 2 aromatic carbocycles. The number of aliphatic hydroxyl groups is 1. The van der Waals surface area contributed by atoms with Crippen LogP contribution >= 0.6 is 0 Å². The lowest BCUT2D eigenvalue weighted by Crippen LogP contribution is -2.58. The van der Waals surface area contributed by atoms with Gasteiger partial charge in [0.05, 0.1) is 29.1 Å². The summed E-state index contributed by atoms with van der Waals surface area (Å²) in [5.74, 6) is -5.44. The molecule has 2 aliphatic rings. The van der Waals surface area contributed by atoms with Gasteiger partial charge < -0.3 is 10.2 Å². The molecule has 32 heavy (non-hydrogen) atoms. The standard InChI is InChI=1S/C22H21N3O7/c1-11-6-7-12(2)15(8-11)18-16-17(22(10-26,23-18)21(29)30)20(28)24(19(16)27)13-4-3-5-14(9-13)25(31)32/h3-9,16-18,23,26H,10H2,1-2H3,(H,29,30). The van der Waals surface area contributed by atoms with E-state index in [1.807, 2.05) is 32.0 Å². The first-order valence-corrected chi connectivity index (χ1v) is 9.93. The van der Waals surface area contributed by atoms with E-state index in [0.717, 1.165) is 22.1 Å². The minimum Gasteiger partial charge on any atom is -0.480 e. The van der Waals surface area contributed by atoms with E-state index >= 15 is 0 Å². The number of nitro groups is 1. The lowest BCUT2D eigenvalue weighted by molar-refractivity contribution is -0.384. The molecule has 2 heterocycles. The van der Waals surface area contributed by atoms with Gasteiger partial charge in [-0.25, -0.2) is 4.90 Å². The van der Waals surface area contributed by atoms with Crippen LogP contribution in [-0.2, 0) is 14.4 Å². The highest BCUT2D eigenvalue weighted by molar-refractivity contribution is 6.24. The molecule has 4 unspecified atom stereocenters. The SMILES string of the molecule is Cc1ccc(C)c(C2NC(CO)(C(=O)O)C3C(=O)N(c4cccc([N+](=O)[O-])c4)C(=O)C23)c1. The van der Waals surface area contributed by atoms with Gasteiger partial charge in [-0.2, -0.15) is 0 Å². The molecule has 0 radical (unpaired) electrons. The molecule has 0 spiro atoms. The average molecular weight is 439 g/mol. The van der Waals surface area contributed by atoms with Crippen LogP contribution < -0.4 is 10.2 Å². The van der Waals surface area contributed by atoms with Crippen molar-refractivity contribution in [3.05, 3.63) is 69.3 Å². The Hall–Kier alpha value is -3.63. The van der Waals surface area contributed by atoms with Gasteiger partial charge >= 0.3 is 5.97 Å². The third-order valence-electron chi connectivity index (χ3n) is 6.35. The van der Waals surface area contributed by atoms with Crippen LogP contribution in [0.15, 0.2) is 42.5 Å². The number of amides is 2. The van der Waals surface area contributed by atoms with Crippen molar-refractivity contribution in [3.63, 3.8) is 0 Å². The molecule has 4 rings (SSSR count). The number of rotatable bonds is 5. The molecular weight excluding hydrogens is 418 g/mol. The fourth-order valence-corrected chi connectivity index (χ4v) is 4.78. The number of aryl methyl sites for hydroxylation is 2. The van der Waals surface area contributed by atoms with Gasteiger partial charge in [0.1, 0.15) is 0 Å². The number of hydrogen-bond acceptors (Lipinski definition) is 7. The maximum absolute atomic E-state index is 13.5. The molecule has 0 saturated carbocycles. The number of aliphatic carboxylic acids is 1. The highest BCUT2D eigenvalue weighted by Gasteiger charge is 2.68. The number of carboxylic acid groups (broad SMARTS) is 1. The third kappa shape index (κ3) is 2.99. The summed E-state index contributed by atoms with van der Waals surface area (Å²) >= 11 is 0. The van der Waals surface area contributed by atoms with Crippen molar-refractivity contribution in [2.75, 3.05) is 11.5 Å². The molecular formula is C22H21N3O7. The zero-order valence-corrected chi connectivity index (χ0v) is 17.3. The van der Waals surface area contributed by atoms with Crippen molar-refractivity contribution in [1.82, 2.24) is 5.32 Å². The predicted octanol–water partition coefficient (Wildman–Crippen LogP) is 1.48. The summed E-state index contributed by atoms with van der Waals surface area (Å²) in [5.41, 5.74) is -0.0726. The van der Waals surface area contributed by atoms with Gasteiger partial charge in [-0.15, -0.1) is 0 Å². The second-order valence-electron chi connectivity index (χ2n) is 8.21. The number of imide groups is 1. The van der Waals surface area contributed by atoms with Gasteiger partial charge in [0.2, 0.25) is 11.8 Å². The lowest BCUT2D eigenvalue weighted by Gasteiger charge is -2.29. The minimum atomic E-state index is -2.08. The molecule has 2 amide bonds. The highest BCUT2D eigenvalue weighted by atomic mass is 16.6. The van der Waals surface area contributed by atoms with E-state index in [0.29, 0.717) is 5.56 Å². The Labute approximate surface area is 182 Å². The summed E-state index contributed by atoms with van der Waals surface area (Å²) in [7, 11) is 0. The van der Waals surface area contributed by atoms with Crippen LogP contribution in [0.5, 0.6) is 0 Å². The summed E-state index contributed by atoms with van der Waals surface area (Å²) in [4.78, 5) is 50.5. The van der Waals surface area contributed by atoms with Crippen molar-refractivity contribution in [1.29, 1.82) is 0 Å². The van der Waals surface area contributed by atoms with Gasteiger partial charge in [0.25, 0.3) is 5.69 Å². The molecule has 0 aliphatic carbocycles. The molecule has 166 valence electrons. The smallest absolute Gasteiger partial charge is 0.327 e. The van der Waals surface area contributed by atoms with Crippen molar-refractivity contribution < 1.29 is 29.5 Å². The first kappa shape index (κ1) is 21.6. The van der Waals surface area contributed by atoms with Crippen LogP contribution in [0.4, 0.5) is 11.4 Å². The van der Waals surface area contributed by atoms with Gasteiger partial charge in [-0.05, 0) is 31.0 Å². The molecule has 10 heteroatoms. The number of nitrogens with one attached hydrogen (secondary N) is 1. The molecule has 4 atom stereocenters. The fourth-order valence-electron chi connectivity index (χ4n) is 4.78. The van der Waals surface area contributed by atoms with Crippen molar-refractivity contribution in [3.8, 4) is 0 Å². The van der Waals surface area contributed by atoms with Gasteiger partial charge in [-0.1, -0.05) is 29.8 Å². The highest BCUT2D eigenvalue weighted by Crippen LogP contribution is 2.50. The first-order valence-electron chi connectivity index (χ1n) is 9.93. The normalized spacial score (nSPS) is 27.0. The Bertz CT molecular complexity index is 1160. The number of carboxylic acids is 1. The lowest BCUT2D eigenvalue weighted by atomic mass is 9.79. The number of nitro benzene ring substituents is 1. The van der Waals surface area contributed by atoms with E-state index in [4.69, 9.17) is 0 Å². The van der Waals surface area contributed by atoms with Crippen molar-refractivity contribution in [2.45, 2.75) is 25.4 Å². The molecule has 2 saturated heterocycles. The van der Waals surface area contributed by atoms with Gasteiger partial charge in [-0.3, -0.25) is 29.8 Å². The summed E-state index contributed by atoms with van der Waals surface area (Å²) in [6.45, 7) is 2.75. The maximum atomic E-state index is 13.5. The van der Waals surface area contributed by atoms with Crippen LogP contribution in [0.2, 0.25) is 0 Å². The number of fused-ring (bicyclic) bond motifs is 1. The van der Waals surface area contributed by atoms with Crippen LogP contribution in [0.3, 0.4) is 0 Å². The Balaban J connectivity index is 1.88. The first-order chi connectivity index (χ1) is 15.1. The number of aliphatic hydroxyl groups excluding tert-OH is 1. The number of carbonyl (C=O) groups excluding carboxylic acids is 2. The molecule has 2 aromatic rings. The maximum Gasteiger partial charge on any atom is 0.327 e. The number of benzene rings is 2. The number of anilines is 1. The van der Waals surface area contributed by atoms with Crippen LogP contribution in [-0.4, -0.2) is 45.1 Å². The zero-order chi connectivity index (χ0) is 23.4. The molecule has 0 aromatic heterocycles. The summed E-state index contributed by atoms with van der Waals surface area (Å²) in [6.07, 6.45) is 0. The fraction of sp³-hybridized carbons (Fsp3) is 0.318. The predicted molar refractivity (Wildman–Crippen MR) is 112 cm³/mol. The molecule has 2 aliphatic heterocycles. The van der Waals surface area contributed by atoms with Gasteiger partial charge in [0, 0.05) is 18.2 Å². The molecule has 3 N–H and O–H groups in total. The Morgan fingerprint density at radius 2 is 1.91 bits per heavy atom. The third-order valence-corrected chi connectivity index (χ3v) is 6.35. The summed E-state index contributed by atoms with van der Waals surface area (Å²) in [5, 5.41) is 34.1.